The van der Waals surface area contributed by atoms with Gasteiger partial charge in [0.25, 0.3) is 11.7 Å². The number of amides is 1. The van der Waals surface area contributed by atoms with E-state index in [2.05, 4.69) is 5.32 Å². The highest BCUT2D eigenvalue weighted by atomic mass is 19.4. The highest BCUT2D eigenvalue weighted by Crippen LogP contribution is 2.23. The molecule has 9 heteroatoms. The smallest absolute Gasteiger partial charge is 0.454 e. The fourth-order valence-corrected chi connectivity index (χ4v) is 3.66. The molecule has 1 N–H and O–H groups in total. The number of esters is 1. The molecule has 0 saturated carbocycles. The van der Waals surface area contributed by atoms with Gasteiger partial charge in [-0.05, 0) is 24.0 Å². The number of piperidine rings is 1. The zero-order valence-electron chi connectivity index (χ0n) is 18.3. The number of ether oxygens (including phenoxy) is 1. The van der Waals surface area contributed by atoms with Crippen LogP contribution in [-0.4, -0.2) is 48.4 Å². The number of nitrogens with zero attached hydrogens (tertiary/aromatic N) is 1. The molecule has 180 valence electrons. The minimum atomic E-state index is -4.90. The van der Waals surface area contributed by atoms with Crippen LogP contribution < -0.4 is 5.32 Å². The molecule has 34 heavy (non-hydrogen) atoms. The third-order valence-electron chi connectivity index (χ3n) is 5.50. The lowest BCUT2D eigenvalue weighted by Crippen LogP contribution is -2.37. The number of nitrogens with one attached hydrogen (secondary N) is 1. The van der Waals surface area contributed by atoms with Crippen molar-refractivity contribution in [1.29, 1.82) is 0 Å². The van der Waals surface area contributed by atoms with E-state index in [1.165, 1.54) is 0 Å². The minimum absolute atomic E-state index is 0.303. The molecule has 1 fully saturated rings. The number of benzene rings is 2. The molecule has 1 aliphatic heterocycles. The summed E-state index contributed by atoms with van der Waals surface area (Å²) in [6.45, 7) is 0.171. The molecule has 2 aromatic carbocycles. The molecule has 0 aromatic heterocycles. The van der Waals surface area contributed by atoms with Crippen LogP contribution in [0.2, 0.25) is 0 Å². The summed E-state index contributed by atoms with van der Waals surface area (Å²) in [4.78, 5) is 37.4. The van der Waals surface area contributed by atoms with Gasteiger partial charge in [0.05, 0.1) is 12.0 Å². The Labute approximate surface area is 195 Å². The minimum Gasteiger partial charge on any atom is -0.455 e. The van der Waals surface area contributed by atoms with Crippen molar-refractivity contribution >= 4 is 17.7 Å². The largest absolute Gasteiger partial charge is 0.455 e. The van der Waals surface area contributed by atoms with Crippen molar-refractivity contribution in [2.45, 2.75) is 25.1 Å². The molecule has 1 heterocycles. The summed E-state index contributed by atoms with van der Waals surface area (Å²) in [5.74, 6) is -3.36. The summed E-state index contributed by atoms with van der Waals surface area (Å²) in [5.41, 5.74) is 1.77. The first-order chi connectivity index (χ1) is 16.2. The fraction of sp³-hybridized carbons (Fsp3) is 0.320. The molecule has 0 atom stereocenters. The van der Waals surface area contributed by atoms with Crippen LogP contribution in [0.3, 0.4) is 0 Å². The first kappa shape index (κ1) is 25.0. The Bertz CT molecular complexity index is 962. The molecule has 0 radical (unpaired) electrons. The predicted molar refractivity (Wildman–Crippen MR) is 118 cm³/mol. The summed E-state index contributed by atoms with van der Waals surface area (Å²) in [7, 11) is 0. The van der Waals surface area contributed by atoms with Gasteiger partial charge in [-0.25, -0.2) is 0 Å². The molecular formula is C25H25F3N2O4. The van der Waals surface area contributed by atoms with E-state index in [1.54, 1.807) is 4.90 Å². The maximum absolute atomic E-state index is 12.5. The van der Waals surface area contributed by atoms with Gasteiger partial charge in [-0.15, -0.1) is 0 Å². The quantitative estimate of drug-likeness (QED) is 0.466. The molecule has 0 bridgehead atoms. The van der Waals surface area contributed by atoms with Gasteiger partial charge in [0.15, 0.2) is 6.61 Å². The number of halogens is 3. The van der Waals surface area contributed by atoms with E-state index >= 15 is 0 Å². The van der Waals surface area contributed by atoms with Crippen LogP contribution in [0.1, 0.15) is 30.0 Å². The van der Waals surface area contributed by atoms with E-state index in [9.17, 15) is 27.6 Å². The summed E-state index contributed by atoms with van der Waals surface area (Å²) in [6.07, 6.45) is -2.63. The van der Waals surface area contributed by atoms with E-state index in [0.29, 0.717) is 32.0 Å². The first-order valence-electron chi connectivity index (χ1n) is 10.8. The molecule has 2 aromatic rings. The van der Waals surface area contributed by atoms with Gasteiger partial charge in [-0.2, -0.15) is 13.2 Å². The number of alkyl halides is 3. The third-order valence-corrected chi connectivity index (χ3v) is 5.50. The Morgan fingerprint density at radius 1 is 0.971 bits per heavy atom. The van der Waals surface area contributed by atoms with Crippen molar-refractivity contribution in [3.8, 4) is 0 Å². The highest BCUT2D eigenvalue weighted by molar-refractivity contribution is 5.94. The van der Waals surface area contributed by atoms with Crippen molar-refractivity contribution in [2.75, 3.05) is 19.7 Å². The topological polar surface area (TPSA) is 75.7 Å². The first-order valence-corrected chi connectivity index (χ1v) is 10.8. The average molecular weight is 474 g/mol. The van der Waals surface area contributed by atoms with E-state index in [0.717, 1.165) is 17.3 Å². The molecular weight excluding hydrogens is 449 g/mol. The Hall–Kier alpha value is -3.62. The lowest BCUT2D eigenvalue weighted by molar-refractivity contribution is -0.165. The number of allylic oxidation sites excluding steroid dienone is 1. The molecule has 1 amide bonds. The molecule has 3 rings (SSSR count). The van der Waals surface area contributed by atoms with Crippen LogP contribution in [-0.2, 0) is 19.1 Å². The van der Waals surface area contributed by atoms with Crippen molar-refractivity contribution < 1.29 is 32.3 Å². The summed E-state index contributed by atoms with van der Waals surface area (Å²) in [5, 5.41) is 2.90. The molecule has 6 nitrogen and oxygen atoms in total. The summed E-state index contributed by atoms with van der Waals surface area (Å²) < 4.78 is 42.0. The highest BCUT2D eigenvalue weighted by Gasteiger charge is 2.36. The van der Waals surface area contributed by atoms with Gasteiger partial charge in [-0.3, -0.25) is 14.4 Å². The zero-order chi connectivity index (χ0) is 24.6. The summed E-state index contributed by atoms with van der Waals surface area (Å²) >= 11 is 0. The number of rotatable bonds is 8. The van der Waals surface area contributed by atoms with E-state index in [-0.39, 0.29) is 0 Å². The van der Waals surface area contributed by atoms with Crippen molar-refractivity contribution in [3.63, 3.8) is 0 Å². The standard InChI is InChI=1S/C25H25F3N2O4/c26-25(27,28)21(31)13-16-30-14-11-20(12-15-30)24(33)34-17-22(32)29-23(18-7-3-1-4-8-18)19-9-5-2-6-10-19/h1-10,13,16,20,23H,11-12,14-15,17H2,(H,29,32)/b16-13+. The second kappa shape index (κ2) is 11.5. The Morgan fingerprint density at radius 2 is 1.50 bits per heavy atom. The van der Waals surface area contributed by atoms with Crippen LogP contribution in [0.4, 0.5) is 13.2 Å². The zero-order valence-corrected chi connectivity index (χ0v) is 18.3. The Kier molecular flexibility index (Phi) is 8.45. The maximum Gasteiger partial charge on any atom is 0.454 e. The SMILES string of the molecule is O=C(COC(=O)C1CCN(/C=C/C(=O)C(F)(F)F)CC1)NC(c1ccccc1)c1ccccc1. The third kappa shape index (κ3) is 7.19. The summed E-state index contributed by atoms with van der Waals surface area (Å²) in [6, 6.07) is 18.4. The van der Waals surface area contributed by atoms with Crippen molar-refractivity contribution in [3.05, 3.63) is 84.1 Å². The lowest BCUT2D eigenvalue weighted by atomic mass is 9.97. The van der Waals surface area contributed by atoms with Gasteiger partial charge in [-0.1, -0.05) is 60.7 Å². The van der Waals surface area contributed by atoms with Gasteiger partial charge in [0.2, 0.25) is 0 Å². The number of likely N-dealkylation sites (tertiary alicyclic amines) is 1. The van der Waals surface area contributed by atoms with Crippen LogP contribution in [0, 0.1) is 5.92 Å². The maximum atomic E-state index is 12.5. The van der Waals surface area contributed by atoms with Gasteiger partial charge >= 0.3 is 12.1 Å². The number of carbonyl (C=O) groups is 3. The normalized spacial score (nSPS) is 14.9. The number of hydrogen-bond acceptors (Lipinski definition) is 5. The number of ketones is 1. The monoisotopic (exact) mass is 474 g/mol. The molecule has 1 aliphatic rings. The average Bonchev–Trinajstić information content (AvgIpc) is 2.85. The number of hydrogen-bond donors (Lipinski definition) is 1. The van der Waals surface area contributed by atoms with Gasteiger partial charge < -0.3 is 15.0 Å². The van der Waals surface area contributed by atoms with Crippen LogP contribution in [0.25, 0.3) is 0 Å². The molecule has 1 saturated heterocycles. The van der Waals surface area contributed by atoms with Crippen molar-refractivity contribution in [2.24, 2.45) is 5.92 Å². The lowest BCUT2D eigenvalue weighted by Gasteiger charge is -2.29. The van der Waals surface area contributed by atoms with E-state index in [1.807, 2.05) is 60.7 Å². The van der Waals surface area contributed by atoms with Crippen molar-refractivity contribution in [1.82, 2.24) is 10.2 Å². The molecule has 0 spiro atoms. The van der Waals surface area contributed by atoms with Gasteiger partial charge in [0.1, 0.15) is 0 Å². The fourth-order valence-electron chi connectivity index (χ4n) is 3.66. The Morgan fingerprint density at radius 3 is 2.00 bits per heavy atom. The van der Waals surface area contributed by atoms with Crippen LogP contribution in [0.5, 0.6) is 0 Å². The second-order valence-corrected chi connectivity index (χ2v) is 7.92. The van der Waals surface area contributed by atoms with E-state index < -0.39 is 42.4 Å². The second-order valence-electron chi connectivity index (χ2n) is 7.92. The van der Waals surface area contributed by atoms with E-state index in [4.69, 9.17) is 4.74 Å². The Balaban J connectivity index is 1.49. The predicted octanol–water partition coefficient (Wildman–Crippen LogP) is 3.79. The number of carbonyl (C=O) groups excluding carboxylic acids is 3. The van der Waals surface area contributed by atoms with Crippen LogP contribution >= 0.6 is 0 Å². The van der Waals surface area contributed by atoms with Gasteiger partial charge in [0, 0.05) is 25.4 Å². The molecule has 0 unspecified atom stereocenters. The van der Waals surface area contributed by atoms with Crippen LogP contribution in [0.15, 0.2) is 72.9 Å². The molecule has 0 aliphatic carbocycles.